The van der Waals surface area contributed by atoms with Crippen molar-refractivity contribution in [3.63, 3.8) is 0 Å². The number of aromatic nitrogens is 3. The van der Waals surface area contributed by atoms with E-state index < -0.39 is 16.2 Å². The first kappa shape index (κ1) is 20.0. The maximum Gasteiger partial charge on any atom is 0.332 e. The summed E-state index contributed by atoms with van der Waals surface area (Å²) < 4.78 is 7.74. The number of benzene rings is 2. The highest BCUT2D eigenvalue weighted by atomic mass is 16.6. The van der Waals surface area contributed by atoms with Gasteiger partial charge in [-0.2, -0.15) is 0 Å². The SMILES string of the molecule is COc1ccc(Cn2c(=O)c3ncccc3n(Cc3ccc([N+](=O)[O-])cc3)c2=O)cc1. The van der Waals surface area contributed by atoms with E-state index in [1.54, 1.807) is 55.6 Å². The van der Waals surface area contributed by atoms with Crippen molar-refractivity contribution in [2.45, 2.75) is 13.1 Å². The number of non-ortho nitro benzene ring substituents is 1. The molecule has 0 unspecified atom stereocenters. The number of methoxy groups -OCH3 is 1. The second-order valence-corrected chi connectivity index (χ2v) is 6.90. The Morgan fingerprint density at radius 2 is 1.55 bits per heavy atom. The lowest BCUT2D eigenvalue weighted by molar-refractivity contribution is -0.384. The van der Waals surface area contributed by atoms with E-state index in [2.05, 4.69) is 4.98 Å². The minimum absolute atomic E-state index is 0.0351. The Labute approximate surface area is 175 Å². The molecule has 0 N–H and O–H groups in total. The molecule has 9 heteroatoms. The van der Waals surface area contributed by atoms with Gasteiger partial charge in [0, 0.05) is 18.3 Å². The third-order valence-corrected chi connectivity index (χ3v) is 4.97. The van der Waals surface area contributed by atoms with Crippen LogP contribution in [0, 0.1) is 10.1 Å². The molecular formula is C22H18N4O5. The summed E-state index contributed by atoms with van der Waals surface area (Å²) in [5.74, 6) is 0.673. The van der Waals surface area contributed by atoms with E-state index in [4.69, 9.17) is 4.74 Å². The van der Waals surface area contributed by atoms with Crippen LogP contribution >= 0.6 is 0 Å². The predicted octanol–water partition coefficient (Wildman–Crippen LogP) is 2.57. The highest BCUT2D eigenvalue weighted by Gasteiger charge is 2.15. The van der Waals surface area contributed by atoms with Crippen LogP contribution in [-0.4, -0.2) is 26.2 Å². The van der Waals surface area contributed by atoms with Crippen molar-refractivity contribution in [2.75, 3.05) is 7.11 Å². The summed E-state index contributed by atoms with van der Waals surface area (Å²) in [4.78, 5) is 40.9. The molecule has 2 aromatic heterocycles. The number of fused-ring (bicyclic) bond motifs is 1. The van der Waals surface area contributed by atoms with Crippen LogP contribution in [0.5, 0.6) is 5.75 Å². The topological polar surface area (TPSA) is 109 Å². The smallest absolute Gasteiger partial charge is 0.332 e. The van der Waals surface area contributed by atoms with E-state index in [0.29, 0.717) is 16.8 Å². The predicted molar refractivity (Wildman–Crippen MR) is 115 cm³/mol. The van der Waals surface area contributed by atoms with E-state index in [1.165, 1.54) is 22.9 Å². The summed E-state index contributed by atoms with van der Waals surface area (Å²) in [6.07, 6.45) is 1.50. The molecule has 0 amide bonds. The van der Waals surface area contributed by atoms with E-state index >= 15 is 0 Å². The molecule has 0 radical (unpaired) electrons. The number of rotatable bonds is 6. The molecule has 31 heavy (non-hydrogen) atoms. The molecule has 0 bridgehead atoms. The van der Waals surface area contributed by atoms with Gasteiger partial charge in [-0.25, -0.2) is 9.78 Å². The van der Waals surface area contributed by atoms with E-state index in [0.717, 1.165) is 10.1 Å². The molecule has 0 aliphatic carbocycles. The van der Waals surface area contributed by atoms with Gasteiger partial charge in [0.05, 0.1) is 30.6 Å². The quantitative estimate of drug-likeness (QED) is 0.352. The van der Waals surface area contributed by atoms with Crippen LogP contribution in [0.25, 0.3) is 11.0 Å². The lowest BCUT2D eigenvalue weighted by atomic mass is 10.2. The maximum atomic E-state index is 13.3. The van der Waals surface area contributed by atoms with Gasteiger partial charge < -0.3 is 4.74 Å². The molecule has 2 aromatic carbocycles. The lowest BCUT2D eigenvalue weighted by Gasteiger charge is -2.14. The second-order valence-electron chi connectivity index (χ2n) is 6.90. The molecule has 156 valence electrons. The molecule has 0 spiro atoms. The molecule has 0 aliphatic heterocycles. The standard InChI is InChI=1S/C22H18N4O5/c1-31-18-10-6-16(7-11-18)14-25-21(27)20-19(3-2-12-23-20)24(22(25)28)13-15-4-8-17(9-5-15)26(29)30/h2-12H,13-14H2,1H3. The summed E-state index contributed by atoms with van der Waals surface area (Å²) in [6, 6.07) is 16.3. The first-order valence-electron chi connectivity index (χ1n) is 9.42. The Morgan fingerprint density at radius 1 is 0.935 bits per heavy atom. The fourth-order valence-corrected chi connectivity index (χ4v) is 3.35. The van der Waals surface area contributed by atoms with Crippen LogP contribution in [0.1, 0.15) is 11.1 Å². The zero-order chi connectivity index (χ0) is 22.0. The minimum atomic E-state index is -0.486. The normalized spacial score (nSPS) is 10.9. The molecule has 0 saturated carbocycles. The van der Waals surface area contributed by atoms with Gasteiger partial charge in [0.25, 0.3) is 11.2 Å². The molecule has 2 heterocycles. The monoisotopic (exact) mass is 418 g/mol. The molecule has 0 fully saturated rings. The Hall–Kier alpha value is -4.27. The fraction of sp³-hybridized carbons (Fsp3) is 0.136. The van der Waals surface area contributed by atoms with Gasteiger partial charge in [-0.3, -0.25) is 24.0 Å². The average Bonchev–Trinajstić information content (AvgIpc) is 2.80. The van der Waals surface area contributed by atoms with Crippen LogP contribution in [0.15, 0.2) is 76.4 Å². The highest BCUT2D eigenvalue weighted by molar-refractivity contribution is 5.73. The van der Waals surface area contributed by atoms with E-state index in [-0.39, 0.29) is 24.3 Å². The maximum absolute atomic E-state index is 13.3. The molecular weight excluding hydrogens is 400 g/mol. The lowest BCUT2D eigenvalue weighted by Crippen LogP contribution is -2.40. The van der Waals surface area contributed by atoms with Crippen molar-refractivity contribution >= 4 is 16.7 Å². The minimum Gasteiger partial charge on any atom is -0.497 e. The van der Waals surface area contributed by atoms with Crippen molar-refractivity contribution < 1.29 is 9.66 Å². The molecule has 0 aliphatic rings. The number of pyridine rings is 1. The first-order valence-corrected chi connectivity index (χ1v) is 9.42. The van der Waals surface area contributed by atoms with Crippen LogP contribution in [-0.2, 0) is 13.1 Å². The number of ether oxygens (including phenoxy) is 1. The number of nitrogens with zero attached hydrogens (tertiary/aromatic N) is 4. The average molecular weight is 418 g/mol. The fourth-order valence-electron chi connectivity index (χ4n) is 3.35. The zero-order valence-corrected chi connectivity index (χ0v) is 16.6. The largest absolute Gasteiger partial charge is 0.497 e. The van der Waals surface area contributed by atoms with Gasteiger partial charge in [-0.05, 0) is 35.4 Å². The number of nitro groups is 1. The van der Waals surface area contributed by atoms with E-state index in [9.17, 15) is 19.7 Å². The third-order valence-electron chi connectivity index (χ3n) is 4.97. The van der Waals surface area contributed by atoms with Gasteiger partial charge in [0.2, 0.25) is 0 Å². The third kappa shape index (κ3) is 3.93. The Balaban J connectivity index is 1.81. The summed E-state index contributed by atoms with van der Waals surface area (Å²) in [5, 5.41) is 10.9. The first-order chi connectivity index (χ1) is 15.0. The molecule has 0 atom stereocenters. The van der Waals surface area contributed by atoms with Crippen molar-refractivity contribution in [2.24, 2.45) is 0 Å². The van der Waals surface area contributed by atoms with Crippen molar-refractivity contribution in [1.82, 2.24) is 14.1 Å². The Kier molecular flexibility index (Phi) is 5.31. The van der Waals surface area contributed by atoms with Crippen LogP contribution in [0.2, 0.25) is 0 Å². The van der Waals surface area contributed by atoms with Crippen molar-refractivity contribution in [3.8, 4) is 5.75 Å². The second kappa shape index (κ2) is 8.23. The van der Waals surface area contributed by atoms with Crippen LogP contribution in [0.3, 0.4) is 0 Å². The van der Waals surface area contributed by atoms with Gasteiger partial charge in [0.1, 0.15) is 5.75 Å². The molecule has 4 rings (SSSR count). The molecule has 4 aromatic rings. The van der Waals surface area contributed by atoms with Gasteiger partial charge in [-0.15, -0.1) is 0 Å². The molecule has 0 saturated heterocycles. The summed E-state index contributed by atoms with van der Waals surface area (Å²) >= 11 is 0. The van der Waals surface area contributed by atoms with E-state index in [1.807, 2.05) is 0 Å². The highest BCUT2D eigenvalue weighted by Crippen LogP contribution is 2.15. The summed E-state index contributed by atoms with van der Waals surface area (Å²) in [7, 11) is 1.56. The molecule has 9 nitrogen and oxygen atoms in total. The summed E-state index contributed by atoms with van der Waals surface area (Å²) in [5.41, 5.74) is 1.03. The Bertz CT molecular complexity index is 1370. The van der Waals surface area contributed by atoms with Crippen molar-refractivity contribution in [1.29, 1.82) is 0 Å². The van der Waals surface area contributed by atoms with Crippen LogP contribution < -0.4 is 16.0 Å². The van der Waals surface area contributed by atoms with Gasteiger partial charge in [0.15, 0.2) is 5.52 Å². The number of hydrogen-bond acceptors (Lipinski definition) is 6. The Morgan fingerprint density at radius 3 is 2.16 bits per heavy atom. The van der Waals surface area contributed by atoms with Crippen molar-refractivity contribution in [3.05, 3.63) is 109 Å². The number of nitro benzene ring substituents is 1. The van der Waals surface area contributed by atoms with Gasteiger partial charge >= 0.3 is 5.69 Å². The zero-order valence-electron chi connectivity index (χ0n) is 16.6. The van der Waals surface area contributed by atoms with Crippen LogP contribution in [0.4, 0.5) is 5.69 Å². The number of hydrogen-bond donors (Lipinski definition) is 0. The summed E-state index contributed by atoms with van der Waals surface area (Å²) in [6.45, 7) is 0.219. The van der Waals surface area contributed by atoms with Gasteiger partial charge in [-0.1, -0.05) is 24.3 Å².